The Balaban J connectivity index is 1.61. The van der Waals surface area contributed by atoms with E-state index in [1.165, 1.54) is 6.07 Å². The van der Waals surface area contributed by atoms with Crippen molar-refractivity contribution in [1.29, 1.82) is 0 Å². The molecule has 6 heteroatoms. The summed E-state index contributed by atoms with van der Waals surface area (Å²) >= 11 is 0. The van der Waals surface area contributed by atoms with Crippen molar-refractivity contribution >= 4 is 11.6 Å². The lowest BCUT2D eigenvalue weighted by atomic mass is 9.95. The number of carbonyl (C=O) groups excluding carboxylic acids is 1. The Morgan fingerprint density at radius 2 is 2.32 bits per heavy atom. The van der Waals surface area contributed by atoms with Crippen LogP contribution in [0.5, 0.6) is 0 Å². The lowest BCUT2D eigenvalue weighted by molar-refractivity contribution is -0.142. The molecule has 0 bridgehead atoms. The molecule has 1 amide bonds. The quantitative estimate of drug-likeness (QED) is 0.925. The van der Waals surface area contributed by atoms with Gasteiger partial charge in [0.25, 0.3) is 5.91 Å². The first-order valence-corrected chi connectivity index (χ1v) is 7.48. The molecule has 1 aromatic carbocycles. The van der Waals surface area contributed by atoms with Crippen LogP contribution in [0.1, 0.15) is 31.7 Å². The Hall–Kier alpha value is -1.95. The highest BCUT2D eigenvalue weighted by Crippen LogP contribution is 2.27. The Kier molecular flexibility index (Phi) is 4.11. The van der Waals surface area contributed by atoms with Crippen molar-refractivity contribution in [2.75, 3.05) is 13.2 Å². The minimum absolute atomic E-state index is 0.0703. The van der Waals surface area contributed by atoms with Gasteiger partial charge in [0.15, 0.2) is 0 Å². The second-order valence-corrected chi connectivity index (χ2v) is 5.86. The largest absolute Gasteiger partial charge is 0.379 e. The number of rotatable bonds is 4. The lowest BCUT2D eigenvalue weighted by Gasteiger charge is -2.21. The van der Waals surface area contributed by atoms with Gasteiger partial charge in [0.05, 0.1) is 11.8 Å². The summed E-state index contributed by atoms with van der Waals surface area (Å²) in [6, 6.07) is 6.34. The third kappa shape index (κ3) is 2.97. The van der Waals surface area contributed by atoms with Gasteiger partial charge in [0.1, 0.15) is 5.82 Å². The molecule has 1 saturated heterocycles. The highest BCUT2D eigenvalue weighted by atomic mass is 19.1. The van der Waals surface area contributed by atoms with Crippen LogP contribution >= 0.6 is 0 Å². The van der Waals surface area contributed by atoms with Crippen LogP contribution in [0.2, 0.25) is 0 Å². The van der Waals surface area contributed by atoms with Gasteiger partial charge >= 0.3 is 0 Å². The molecular weight excluding hydrogens is 287 g/mol. The van der Waals surface area contributed by atoms with Crippen LogP contribution in [-0.4, -0.2) is 36.5 Å². The molecule has 0 aliphatic carbocycles. The van der Waals surface area contributed by atoms with Crippen molar-refractivity contribution in [3.63, 3.8) is 0 Å². The molecule has 0 radical (unpaired) electrons. The standard InChI is InChI=1S/C16H19FN2O3/c1-16(15(20)18-10-11-5-4-8-21-11)9-14(19-22-16)12-6-2-3-7-13(12)17/h2-3,6-7,11H,4-5,8-10H2,1H3,(H,18,20)/t11-,16-/m1/s1. The fraction of sp³-hybridized carbons (Fsp3) is 0.500. The maximum absolute atomic E-state index is 13.8. The van der Waals surface area contributed by atoms with E-state index in [1.807, 2.05) is 0 Å². The zero-order valence-electron chi connectivity index (χ0n) is 12.5. The number of oxime groups is 1. The number of ether oxygens (including phenoxy) is 1. The fourth-order valence-corrected chi connectivity index (χ4v) is 2.70. The second-order valence-electron chi connectivity index (χ2n) is 5.86. The van der Waals surface area contributed by atoms with Crippen LogP contribution in [0.3, 0.4) is 0 Å². The number of halogens is 1. The van der Waals surface area contributed by atoms with Gasteiger partial charge in [0.2, 0.25) is 5.60 Å². The molecule has 2 aliphatic heterocycles. The maximum atomic E-state index is 13.8. The van der Waals surface area contributed by atoms with Crippen molar-refractivity contribution in [3.8, 4) is 0 Å². The second kappa shape index (κ2) is 6.04. The van der Waals surface area contributed by atoms with Crippen molar-refractivity contribution in [2.45, 2.75) is 37.9 Å². The van der Waals surface area contributed by atoms with Gasteiger partial charge in [-0.25, -0.2) is 4.39 Å². The van der Waals surface area contributed by atoms with E-state index in [0.717, 1.165) is 19.4 Å². The molecule has 2 heterocycles. The first-order valence-electron chi connectivity index (χ1n) is 7.48. The van der Waals surface area contributed by atoms with Crippen LogP contribution in [0.25, 0.3) is 0 Å². The summed E-state index contributed by atoms with van der Waals surface area (Å²) in [5, 5.41) is 6.74. The van der Waals surface area contributed by atoms with Crippen LogP contribution in [-0.2, 0) is 14.4 Å². The molecule has 118 valence electrons. The molecule has 0 spiro atoms. The minimum atomic E-state index is -1.10. The third-order valence-electron chi connectivity index (χ3n) is 4.04. The topological polar surface area (TPSA) is 59.9 Å². The van der Waals surface area contributed by atoms with Crippen molar-refractivity contribution in [2.24, 2.45) is 5.16 Å². The molecule has 1 aromatic rings. The summed E-state index contributed by atoms with van der Waals surface area (Å²) in [6.45, 7) is 2.87. The lowest BCUT2D eigenvalue weighted by Crippen LogP contribution is -2.46. The molecule has 1 N–H and O–H groups in total. The van der Waals surface area contributed by atoms with E-state index in [0.29, 0.717) is 17.8 Å². The van der Waals surface area contributed by atoms with Gasteiger partial charge in [-0.05, 0) is 25.8 Å². The van der Waals surface area contributed by atoms with Gasteiger partial charge in [-0.1, -0.05) is 23.4 Å². The van der Waals surface area contributed by atoms with Gasteiger partial charge in [-0.2, -0.15) is 0 Å². The SMILES string of the molecule is C[C@]1(C(=O)NC[C@H]2CCCO2)CC(c2ccccc2F)=NO1. The first kappa shape index (κ1) is 15.0. The average Bonchev–Trinajstić information content (AvgIpc) is 3.16. The van der Waals surface area contributed by atoms with Crippen LogP contribution in [0.4, 0.5) is 4.39 Å². The highest BCUT2D eigenvalue weighted by molar-refractivity contribution is 6.05. The van der Waals surface area contributed by atoms with E-state index in [9.17, 15) is 9.18 Å². The fourth-order valence-electron chi connectivity index (χ4n) is 2.70. The normalized spacial score (nSPS) is 27.4. The number of benzene rings is 1. The van der Waals surface area contributed by atoms with E-state index in [2.05, 4.69) is 10.5 Å². The summed E-state index contributed by atoms with van der Waals surface area (Å²) in [5.74, 6) is -0.619. The van der Waals surface area contributed by atoms with Gasteiger partial charge < -0.3 is 14.9 Å². The first-order chi connectivity index (χ1) is 10.6. The minimum Gasteiger partial charge on any atom is -0.379 e. The highest BCUT2D eigenvalue weighted by Gasteiger charge is 2.42. The summed E-state index contributed by atoms with van der Waals surface area (Å²) in [4.78, 5) is 17.6. The molecule has 3 rings (SSSR count). The predicted octanol–water partition coefficient (Wildman–Crippen LogP) is 2.00. The van der Waals surface area contributed by atoms with E-state index in [4.69, 9.17) is 9.57 Å². The number of nitrogens with one attached hydrogen (secondary N) is 1. The van der Waals surface area contributed by atoms with Gasteiger partial charge in [0, 0.05) is 25.1 Å². The summed E-state index contributed by atoms with van der Waals surface area (Å²) < 4.78 is 19.3. The van der Waals surface area contributed by atoms with E-state index in [-0.39, 0.29) is 24.2 Å². The van der Waals surface area contributed by atoms with Crippen LogP contribution < -0.4 is 5.32 Å². The van der Waals surface area contributed by atoms with Crippen molar-refractivity contribution < 1.29 is 18.8 Å². The summed E-state index contributed by atoms with van der Waals surface area (Å²) in [6.07, 6.45) is 2.29. The van der Waals surface area contributed by atoms with E-state index in [1.54, 1.807) is 25.1 Å². The monoisotopic (exact) mass is 306 g/mol. The predicted molar refractivity (Wildman–Crippen MR) is 79.0 cm³/mol. The van der Waals surface area contributed by atoms with Crippen LogP contribution in [0, 0.1) is 5.82 Å². The molecule has 0 unspecified atom stereocenters. The maximum Gasteiger partial charge on any atom is 0.267 e. The zero-order chi connectivity index (χ0) is 15.6. The number of nitrogens with zero attached hydrogens (tertiary/aromatic N) is 1. The van der Waals surface area contributed by atoms with Crippen molar-refractivity contribution in [1.82, 2.24) is 5.32 Å². The Labute approximate surface area is 128 Å². The number of hydrogen-bond donors (Lipinski definition) is 1. The summed E-state index contributed by atoms with van der Waals surface area (Å²) in [7, 11) is 0. The molecule has 1 fully saturated rings. The molecular formula is C16H19FN2O3. The van der Waals surface area contributed by atoms with E-state index >= 15 is 0 Å². The number of hydrogen-bond acceptors (Lipinski definition) is 4. The molecule has 5 nitrogen and oxygen atoms in total. The van der Waals surface area contributed by atoms with Gasteiger partial charge in [-0.15, -0.1) is 0 Å². The molecule has 0 saturated carbocycles. The van der Waals surface area contributed by atoms with E-state index < -0.39 is 5.60 Å². The molecule has 0 aromatic heterocycles. The average molecular weight is 306 g/mol. The van der Waals surface area contributed by atoms with Crippen LogP contribution in [0.15, 0.2) is 29.4 Å². The summed E-state index contributed by atoms with van der Waals surface area (Å²) in [5.41, 5.74) is -0.276. The molecule has 2 atom stereocenters. The zero-order valence-corrected chi connectivity index (χ0v) is 12.5. The smallest absolute Gasteiger partial charge is 0.267 e. The Morgan fingerprint density at radius 1 is 1.50 bits per heavy atom. The number of amides is 1. The Morgan fingerprint density at radius 3 is 3.05 bits per heavy atom. The number of carbonyl (C=O) groups is 1. The Bertz CT molecular complexity index is 599. The molecule has 22 heavy (non-hydrogen) atoms. The molecule has 2 aliphatic rings. The van der Waals surface area contributed by atoms with Gasteiger partial charge in [-0.3, -0.25) is 4.79 Å². The van der Waals surface area contributed by atoms with Crippen molar-refractivity contribution in [3.05, 3.63) is 35.6 Å². The third-order valence-corrected chi connectivity index (χ3v) is 4.04.